The third kappa shape index (κ3) is 4.23. The van der Waals surface area contributed by atoms with E-state index in [-0.39, 0.29) is 12.1 Å². The first kappa shape index (κ1) is 15.4. The smallest absolute Gasteiger partial charge is 0.315 e. The molecular formula is C17H19ClN2O. The lowest BCUT2D eigenvalue weighted by molar-refractivity contribution is 0.237. The van der Waals surface area contributed by atoms with Crippen LogP contribution in [-0.4, -0.2) is 6.03 Å². The maximum absolute atomic E-state index is 12.0. The Morgan fingerprint density at radius 3 is 2.52 bits per heavy atom. The first-order chi connectivity index (χ1) is 10.1. The van der Waals surface area contributed by atoms with Crippen LogP contribution in [0.2, 0.25) is 5.02 Å². The highest BCUT2D eigenvalue weighted by molar-refractivity contribution is 6.31. The molecule has 0 radical (unpaired) electrons. The van der Waals surface area contributed by atoms with E-state index < -0.39 is 0 Å². The Morgan fingerprint density at radius 2 is 1.81 bits per heavy atom. The van der Waals surface area contributed by atoms with E-state index >= 15 is 0 Å². The van der Waals surface area contributed by atoms with Gasteiger partial charge in [0.05, 0.1) is 6.04 Å². The largest absolute Gasteiger partial charge is 0.334 e. The summed E-state index contributed by atoms with van der Waals surface area (Å²) < 4.78 is 0. The normalized spacial score (nSPS) is 11.8. The lowest BCUT2D eigenvalue weighted by Crippen LogP contribution is -2.36. The summed E-state index contributed by atoms with van der Waals surface area (Å²) in [6, 6.07) is 15.3. The van der Waals surface area contributed by atoms with Crippen LogP contribution in [0.1, 0.15) is 29.7 Å². The fraction of sp³-hybridized carbons (Fsp3) is 0.235. The molecule has 0 aliphatic heterocycles. The molecule has 4 heteroatoms. The molecule has 110 valence electrons. The standard InChI is InChI=1S/C17H19ClN2O/c1-12-7-3-5-9-15(12)13(2)20-17(21)19-11-14-8-4-6-10-16(14)18/h3-10,13H,11H2,1-2H3,(H2,19,20,21)/t13-/m1/s1. The Labute approximate surface area is 130 Å². The van der Waals surface area contributed by atoms with E-state index in [0.717, 1.165) is 16.7 Å². The van der Waals surface area contributed by atoms with Gasteiger partial charge in [0.25, 0.3) is 0 Å². The molecule has 0 aliphatic carbocycles. The number of hydrogen-bond donors (Lipinski definition) is 2. The third-order valence-electron chi connectivity index (χ3n) is 3.40. The number of halogens is 1. The Kier molecular flexibility index (Phi) is 5.23. The second kappa shape index (κ2) is 7.14. The van der Waals surface area contributed by atoms with E-state index in [1.54, 1.807) is 0 Å². The lowest BCUT2D eigenvalue weighted by Gasteiger charge is -2.17. The molecule has 0 fully saturated rings. The van der Waals surface area contributed by atoms with Crippen LogP contribution in [0.5, 0.6) is 0 Å². The third-order valence-corrected chi connectivity index (χ3v) is 3.77. The predicted octanol–water partition coefficient (Wildman–Crippen LogP) is 4.21. The first-order valence-corrected chi connectivity index (χ1v) is 7.29. The van der Waals surface area contributed by atoms with Gasteiger partial charge in [0.1, 0.15) is 0 Å². The highest BCUT2D eigenvalue weighted by Gasteiger charge is 2.11. The molecule has 2 aromatic rings. The maximum atomic E-state index is 12.0. The number of carbonyl (C=O) groups is 1. The Bertz CT molecular complexity index is 628. The molecule has 2 amide bonds. The van der Waals surface area contributed by atoms with Gasteiger partial charge in [-0.2, -0.15) is 0 Å². The van der Waals surface area contributed by atoms with Crippen LogP contribution >= 0.6 is 11.6 Å². The van der Waals surface area contributed by atoms with E-state index in [2.05, 4.69) is 10.6 Å². The number of urea groups is 1. The van der Waals surface area contributed by atoms with Crippen molar-refractivity contribution in [3.05, 3.63) is 70.2 Å². The summed E-state index contributed by atoms with van der Waals surface area (Å²) in [6.07, 6.45) is 0. The molecule has 2 N–H and O–H groups in total. The number of nitrogens with one attached hydrogen (secondary N) is 2. The number of aryl methyl sites for hydroxylation is 1. The van der Waals surface area contributed by atoms with Crippen molar-refractivity contribution in [2.45, 2.75) is 26.4 Å². The fourth-order valence-corrected chi connectivity index (χ4v) is 2.42. The monoisotopic (exact) mass is 302 g/mol. The van der Waals surface area contributed by atoms with Crippen LogP contribution in [0, 0.1) is 6.92 Å². The Balaban J connectivity index is 1.90. The van der Waals surface area contributed by atoms with Crippen molar-refractivity contribution < 1.29 is 4.79 Å². The second-order valence-corrected chi connectivity index (χ2v) is 5.40. The molecule has 0 aromatic heterocycles. The van der Waals surface area contributed by atoms with Crippen LogP contribution in [0.3, 0.4) is 0 Å². The van der Waals surface area contributed by atoms with Gasteiger partial charge < -0.3 is 10.6 Å². The summed E-state index contributed by atoms with van der Waals surface area (Å²) in [5.74, 6) is 0. The van der Waals surface area contributed by atoms with E-state index in [1.807, 2.05) is 62.4 Å². The molecule has 0 unspecified atom stereocenters. The molecule has 3 nitrogen and oxygen atoms in total. The van der Waals surface area contributed by atoms with Gasteiger partial charge in [-0.1, -0.05) is 54.1 Å². The summed E-state index contributed by atoms with van der Waals surface area (Å²) in [6.45, 7) is 4.42. The molecule has 0 saturated carbocycles. The van der Waals surface area contributed by atoms with Gasteiger partial charge in [0.15, 0.2) is 0 Å². The summed E-state index contributed by atoms with van der Waals surface area (Å²) in [4.78, 5) is 12.0. The zero-order valence-corrected chi connectivity index (χ0v) is 12.9. The SMILES string of the molecule is Cc1ccccc1[C@@H](C)NC(=O)NCc1ccccc1Cl. The fourth-order valence-electron chi connectivity index (χ4n) is 2.22. The van der Waals surface area contributed by atoms with Crippen LogP contribution in [0.25, 0.3) is 0 Å². The highest BCUT2D eigenvalue weighted by atomic mass is 35.5. The van der Waals surface area contributed by atoms with Crippen LogP contribution in [-0.2, 0) is 6.54 Å². The van der Waals surface area contributed by atoms with Crippen LogP contribution < -0.4 is 10.6 Å². The number of rotatable bonds is 4. The number of benzene rings is 2. The van der Waals surface area contributed by atoms with Gasteiger partial charge in [-0.25, -0.2) is 4.79 Å². The molecule has 2 rings (SSSR count). The summed E-state index contributed by atoms with van der Waals surface area (Å²) in [5.41, 5.74) is 3.18. The molecule has 21 heavy (non-hydrogen) atoms. The summed E-state index contributed by atoms with van der Waals surface area (Å²) in [5, 5.41) is 6.42. The van der Waals surface area contributed by atoms with Crippen molar-refractivity contribution in [1.82, 2.24) is 10.6 Å². The van der Waals surface area contributed by atoms with Gasteiger partial charge in [0, 0.05) is 11.6 Å². The minimum atomic E-state index is -0.203. The van der Waals surface area contributed by atoms with Gasteiger partial charge in [-0.3, -0.25) is 0 Å². The van der Waals surface area contributed by atoms with E-state index in [0.29, 0.717) is 11.6 Å². The van der Waals surface area contributed by atoms with Crippen molar-refractivity contribution in [3.63, 3.8) is 0 Å². The number of carbonyl (C=O) groups excluding carboxylic acids is 1. The zero-order valence-electron chi connectivity index (χ0n) is 12.2. The average molecular weight is 303 g/mol. The minimum absolute atomic E-state index is 0.0440. The van der Waals surface area contributed by atoms with Gasteiger partial charge in [0.2, 0.25) is 0 Å². The van der Waals surface area contributed by atoms with E-state index in [1.165, 1.54) is 0 Å². The van der Waals surface area contributed by atoms with Gasteiger partial charge >= 0.3 is 6.03 Å². The molecule has 0 heterocycles. The molecular weight excluding hydrogens is 284 g/mol. The van der Waals surface area contributed by atoms with Crippen molar-refractivity contribution in [2.24, 2.45) is 0 Å². The molecule has 0 spiro atoms. The minimum Gasteiger partial charge on any atom is -0.334 e. The van der Waals surface area contributed by atoms with Crippen LogP contribution in [0.15, 0.2) is 48.5 Å². The Hall–Kier alpha value is -2.00. The summed E-state index contributed by atoms with van der Waals surface area (Å²) >= 11 is 6.06. The van der Waals surface area contributed by atoms with Crippen molar-refractivity contribution in [1.29, 1.82) is 0 Å². The van der Waals surface area contributed by atoms with Gasteiger partial charge in [-0.15, -0.1) is 0 Å². The zero-order chi connectivity index (χ0) is 15.2. The second-order valence-electron chi connectivity index (χ2n) is 5.00. The number of amides is 2. The van der Waals surface area contributed by atoms with Crippen LogP contribution in [0.4, 0.5) is 4.79 Å². The predicted molar refractivity (Wildman–Crippen MR) is 86.4 cm³/mol. The summed E-state index contributed by atoms with van der Waals surface area (Å²) in [7, 11) is 0. The average Bonchev–Trinajstić information content (AvgIpc) is 2.46. The highest BCUT2D eigenvalue weighted by Crippen LogP contribution is 2.17. The number of hydrogen-bond acceptors (Lipinski definition) is 1. The maximum Gasteiger partial charge on any atom is 0.315 e. The van der Waals surface area contributed by atoms with Crippen molar-refractivity contribution >= 4 is 17.6 Å². The Morgan fingerprint density at radius 1 is 1.14 bits per heavy atom. The first-order valence-electron chi connectivity index (χ1n) is 6.91. The van der Waals surface area contributed by atoms with E-state index in [4.69, 9.17) is 11.6 Å². The van der Waals surface area contributed by atoms with Gasteiger partial charge in [-0.05, 0) is 36.6 Å². The molecule has 2 aromatic carbocycles. The molecule has 0 saturated heterocycles. The topological polar surface area (TPSA) is 41.1 Å². The quantitative estimate of drug-likeness (QED) is 0.873. The van der Waals surface area contributed by atoms with E-state index in [9.17, 15) is 4.79 Å². The molecule has 1 atom stereocenters. The molecule has 0 aliphatic rings. The lowest BCUT2D eigenvalue weighted by atomic mass is 10.0. The van der Waals surface area contributed by atoms with Crippen molar-refractivity contribution in [3.8, 4) is 0 Å². The molecule has 0 bridgehead atoms. The van der Waals surface area contributed by atoms with Crippen molar-refractivity contribution in [2.75, 3.05) is 0 Å².